The molecule has 8 rings (SSSR count). The first kappa shape index (κ1) is 29.9. The van der Waals surface area contributed by atoms with Crippen molar-refractivity contribution in [3.63, 3.8) is 0 Å². The van der Waals surface area contributed by atoms with Crippen LogP contribution in [0.2, 0.25) is 10.0 Å². The highest BCUT2D eigenvalue weighted by Gasteiger charge is 2.67. The minimum Gasteiger partial charge on any atom is -0.494 e. The summed E-state index contributed by atoms with van der Waals surface area (Å²) in [6.07, 6.45) is 0.312. The van der Waals surface area contributed by atoms with E-state index in [9.17, 15) is 9.59 Å². The number of anilines is 1. The van der Waals surface area contributed by atoms with Crippen molar-refractivity contribution in [2.75, 3.05) is 11.9 Å². The summed E-state index contributed by atoms with van der Waals surface area (Å²) >= 11 is 12.8. The zero-order chi connectivity index (χ0) is 32.6. The molecule has 5 aromatic rings. The Bertz CT molecular complexity index is 2120. The number of benzene rings is 4. The summed E-state index contributed by atoms with van der Waals surface area (Å²) in [5, 5.41) is 3.64. The lowest BCUT2D eigenvalue weighted by molar-refractivity contribution is -0.129. The molecule has 11 heteroatoms. The average Bonchev–Trinajstić information content (AvgIpc) is 3.66. The third kappa shape index (κ3) is 4.55. The van der Waals surface area contributed by atoms with E-state index in [1.807, 2.05) is 49.4 Å². The highest BCUT2D eigenvalue weighted by molar-refractivity contribution is 6.31. The molecule has 1 spiro atoms. The number of carbonyl (C=O) groups is 2. The van der Waals surface area contributed by atoms with E-state index < -0.39 is 29.1 Å². The number of nitrogens with one attached hydrogen (secondary N) is 1. The van der Waals surface area contributed by atoms with Crippen molar-refractivity contribution in [3.05, 3.63) is 123 Å². The molecular weight excluding hydrogens is 640 g/mol. The van der Waals surface area contributed by atoms with E-state index >= 15 is 4.39 Å². The maximum atomic E-state index is 16.3. The highest BCUT2D eigenvalue weighted by atomic mass is 35.5. The van der Waals surface area contributed by atoms with Crippen LogP contribution in [0.25, 0.3) is 11.0 Å². The number of nitrogens with two attached hydrogens (primary N) is 1. The summed E-state index contributed by atoms with van der Waals surface area (Å²) in [5.74, 6) is -0.981. The molecule has 4 aromatic carbocycles. The summed E-state index contributed by atoms with van der Waals surface area (Å²) in [4.78, 5) is 34.1. The van der Waals surface area contributed by atoms with Gasteiger partial charge in [0.25, 0.3) is 0 Å². The van der Waals surface area contributed by atoms with Crippen molar-refractivity contribution < 1.29 is 18.7 Å². The Balaban J connectivity index is 1.37. The van der Waals surface area contributed by atoms with Crippen LogP contribution in [0.15, 0.2) is 78.9 Å². The van der Waals surface area contributed by atoms with E-state index in [1.54, 1.807) is 30.3 Å². The van der Waals surface area contributed by atoms with Gasteiger partial charge in [0.05, 0.1) is 22.7 Å². The van der Waals surface area contributed by atoms with E-state index in [0.29, 0.717) is 53.5 Å². The zero-order valence-electron chi connectivity index (χ0n) is 25.3. The number of fused-ring (bicyclic) bond motifs is 6. The van der Waals surface area contributed by atoms with Gasteiger partial charge in [-0.2, -0.15) is 0 Å². The molecule has 2 amide bonds. The lowest BCUT2D eigenvalue weighted by atomic mass is 9.69. The molecule has 0 saturated carbocycles. The van der Waals surface area contributed by atoms with Crippen LogP contribution in [0.1, 0.15) is 51.6 Å². The minimum atomic E-state index is -1.23. The predicted molar refractivity (Wildman–Crippen MR) is 179 cm³/mol. The number of likely N-dealkylation sites (tertiary alicyclic amines) is 1. The molecule has 3 aliphatic heterocycles. The van der Waals surface area contributed by atoms with Gasteiger partial charge in [-0.3, -0.25) is 14.5 Å². The molecule has 4 atom stereocenters. The van der Waals surface area contributed by atoms with Crippen LogP contribution in [0.5, 0.6) is 5.75 Å². The van der Waals surface area contributed by atoms with Crippen molar-refractivity contribution in [3.8, 4) is 5.75 Å². The zero-order valence-corrected chi connectivity index (χ0v) is 26.9. The number of imidazole rings is 1. The Morgan fingerprint density at radius 2 is 1.94 bits per heavy atom. The number of ether oxygens (including phenoxy) is 1. The first-order valence-electron chi connectivity index (χ1n) is 15.5. The third-order valence-electron chi connectivity index (χ3n) is 9.98. The first-order valence-corrected chi connectivity index (χ1v) is 16.3. The maximum Gasteiger partial charge on any atom is 0.248 e. The molecule has 0 unspecified atom stereocenters. The predicted octanol–water partition coefficient (Wildman–Crippen LogP) is 6.68. The summed E-state index contributed by atoms with van der Waals surface area (Å²) < 4.78 is 24.3. The largest absolute Gasteiger partial charge is 0.494 e. The molecule has 47 heavy (non-hydrogen) atoms. The van der Waals surface area contributed by atoms with Gasteiger partial charge >= 0.3 is 0 Å². The quantitative estimate of drug-likeness (QED) is 0.210. The van der Waals surface area contributed by atoms with Crippen LogP contribution in [0, 0.1) is 5.82 Å². The van der Waals surface area contributed by atoms with Crippen LogP contribution in [-0.2, 0) is 24.3 Å². The van der Waals surface area contributed by atoms with Gasteiger partial charge < -0.3 is 20.4 Å². The average molecular weight is 671 g/mol. The van der Waals surface area contributed by atoms with Gasteiger partial charge in [-0.05, 0) is 72.1 Å². The molecule has 8 nitrogen and oxygen atoms in total. The molecular formula is C36H30Cl2FN5O3. The topological polar surface area (TPSA) is 102 Å². The van der Waals surface area contributed by atoms with Crippen molar-refractivity contribution >= 4 is 51.7 Å². The van der Waals surface area contributed by atoms with E-state index in [1.165, 1.54) is 6.07 Å². The Kier molecular flexibility index (Phi) is 7.05. The summed E-state index contributed by atoms with van der Waals surface area (Å²) in [6, 6.07) is 23.3. The van der Waals surface area contributed by atoms with E-state index in [-0.39, 0.29) is 17.0 Å². The SMILES string of the molecule is CCOc1cccc(CN2[C@H]3Cn4c(nc5cc(C(N)=O)ccc54)[C@H]3[C@H](c3cccc(Cl)c3F)[C@@]23Cc2ccc(Cl)cc2NC3=O)c1. The maximum absolute atomic E-state index is 16.3. The van der Waals surface area contributed by atoms with E-state index in [2.05, 4.69) is 14.8 Å². The fraction of sp³-hybridized carbons (Fsp3) is 0.250. The number of hydrogen-bond donors (Lipinski definition) is 2. The number of nitrogens with zero attached hydrogens (tertiary/aromatic N) is 3. The molecule has 0 aliphatic carbocycles. The van der Waals surface area contributed by atoms with Crippen molar-refractivity contribution in [2.45, 2.75) is 49.9 Å². The number of primary amides is 1. The number of rotatable bonds is 6. The standard InChI is InChI=1S/C36H30Cl2FN5O3/c1-2-47-23-6-3-5-19(13-23)17-44-29-18-43-28-12-10-20(33(40)45)14-27(28)41-34(43)30(29)31(24-7-4-8-25(38)32(24)39)36(44)16-21-9-11-22(37)15-26(21)42-35(36)46/h3-15,29-31H,2,16-18H2,1H3,(H2,40,45)(H,42,46)/t29-,30+,31-,36+/m0/s1. The molecule has 1 fully saturated rings. The summed E-state index contributed by atoms with van der Waals surface area (Å²) in [7, 11) is 0. The third-order valence-corrected chi connectivity index (χ3v) is 10.5. The van der Waals surface area contributed by atoms with Gasteiger partial charge in [0.1, 0.15) is 22.9 Å². The second kappa shape index (κ2) is 11.1. The Morgan fingerprint density at radius 3 is 2.74 bits per heavy atom. The second-order valence-electron chi connectivity index (χ2n) is 12.4. The number of hydrogen-bond acceptors (Lipinski definition) is 5. The monoisotopic (exact) mass is 669 g/mol. The minimum absolute atomic E-state index is 0.0157. The van der Waals surface area contributed by atoms with Gasteiger partial charge in [0.2, 0.25) is 11.8 Å². The lowest BCUT2D eigenvalue weighted by Gasteiger charge is -2.46. The first-order chi connectivity index (χ1) is 22.7. The Morgan fingerprint density at radius 1 is 1.11 bits per heavy atom. The molecule has 0 bridgehead atoms. The van der Waals surface area contributed by atoms with Crippen LogP contribution in [0.4, 0.5) is 10.1 Å². The molecule has 238 valence electrons. The number of amides is 2. The number of carbonyl (C=O) groups excluding carboxylic acids is 2. The number of aromatic nitrogens is 2. The molecule has 4 heterocycles. The van der Waals surface area contributed by atoms with Crippen LogP contribution in [0.3, 0.4) is 0 Å². The number of halogens is 3. The Hall–Kier alpha value is -4.44. The van der Waals surface area contributed by atoms with Crippen molar-refractivity contribution in [2.24, 2.45) is 5.73 Å². The lowest BCUT2D eigenvalue weighted by Crippen LogP contribution is -2.61. The molecule has 3 aliphatic rings. The van der Waals surface area contributed by atoms with E-state index in [0.717, 1.165) is 28.2 Å². The van der Waals surface area contributed by atoms with Gasteiger partial charge in [-0.1, -0.05) is 53.5 Å². The van der Waals surface area contributed by atoms with Crippen molar-refractivity contribution in [1.29, 1.82) is 0 Å². The molecule has 1 saturated heterocycles. The molecule has 3 N–H and O–H groups in total. The van der Waals surface area contributed by atoms with Gasteiger partial charge in [0, 0.05) is 53.7 Å². The van der Waals surface area contributed by atoms with Gasteiger partial charge in [-0.25, -0.2) is 9.37 Å². The Labute approximate surface area is 280 Å². The van der Waals surface area contributed by atoms with Crippen molar-refractivity contribution in [1.82, 2.24) is 14.5 Å². The highest BCUT2D eigenvalue weighted by Crippen LogP contribution is 2.60. The fourth-order valence-corrected chi connectivity index (χ4v) is 8.48. The van der Waals surface area contributed by atoms with Gasteiger partial charge in [-0.15, -0.1) is 0 Å². The van der Waals surface area contributed by atoms with Crippen LogP contribution >= 0.6 is 23.2 Å². The second-order valence-corrected chi connectivity index (χ2v) is 13.3. The van der Waals surface area contributed by atoms with Gasteiger partial charge in [0.15, 0.2) is 0 Å². The summed E-state index contributed by atoms with van der Waals surface area (Å²) in [6.45, 7) is 3.35. The van der Waals surface area contributed by atoms with Crippen LogP contribution in [-0.4, -0.2) is 44.5 Å². The molecule has 1 aromatic heterocycles. The molecule has 0 radical (unpaired) electrons. The van der Waals surface area contributed by atoms with Crippen LogP contribution < -0.4 is 15.8 Å². The summed E-state index contributed by atoms with van der Waals surface area (Å²) in [5.41, 5.74) is 9.01. The van der Waals surface area contributed by atoms with E-state index in [4.69, 9.17) is 38.7 Å². The normalized spacial score (nSPS) is 23.1. The fourth-order valence-electron chi connectivity index (χ4n) is 8.13. The smallest absolute Gasteiger partial charge is 0.248 e.